The second kappa shape index (κ2) is 16.7. The minimum atomic E-state index is -3.44. The van der Waals surface area contributed by atoms with Gasteiger partial charge in [-0.05, 0) is 41.5 Å². The molecule has 5 aromatic rings. The van der Waals surface area contributed by atoms with Crippen LogP contribution in [0.5, 0.6) is 0 Å². The van der Waals surface area contributed by atoms with E-state index in [-0.39, 0.29) is 9.46 Å². The Kier molecular flexibility index (Phi) is 12.8. The van der Waals surface area contributed by atoms with Gasteiger partial charge in [0.2, 0.25) is 0 Å². The molecule has 0 radical (unpaired) electrons. The van der Waals surface area contributed by atoms with Gasteiger partial charge in [-0.3, -0.25) is 0 Å². The highest BCUT2D eigenvalue weighted by Crippen LogP contribution is 2.32. The number of nitrogens with two attached hydrogens (primary N) is 1. The number of alkyl halides is 4. The molecule has 0 bridgehead atoms. The van der Waals surface area contributed by atoms with Crippen molar-refractivity contribution in [2.45, 2.75) is 11.8 Å². The van der Waals surface area contributed by atoms with Crippen molar-refractivity contribution in [3.63, 3.8) is 0 Å². The summed E-state index contributed by atoms with van der Waals surface area (Å²) in [6.07, 6.45) is 1.97. The molecule has 0 saturated carbocycles. The summed E-state index contributed by atoms with van der Waals surface area (Å²) in [6.45, 7) is -1.92. The molecule has 0 unspecified atom stereocenters. The van der Waals surface area contributed by atoms with Gasteiger partial charge in [-0.25, -0.2) is 0 Å². The maximum Gasteiger partial charge on any atom is 0.343 e. The van der Waals surface area contributed by atoms with Gasteiger partial charge in [0, 0.05) is 29.2 Å². The third kappa shape index (κ3) is 10.0. The first-order valence-electron chi connectivity index (χ1n) is 13.4. The monoisotopic (exact) mass is 636 g/mol. The molecule has 0 aliphatic heterocycles. The minimum Gasteiger partial charge on any atom is -0.618 e. The molecule has 2 N–H and O–H groups in total. The van der Waals surface area contributed by atoms with Crippen LogP contribution in [0, 0.1) is 10.4 Å². The fourth-order valence-corrected chi connectivity index (χ4v) is 6.21. The van der Waals surface area contributed by atoms with Gasteiger partial charge in [-0.2, -0.15) is 27.0 Å². The van der Waals surface area contributed by atoms with E-state index in [1.54, 1.807) is 0 Å². The lowest BCUT2D eigenvalue weighted by molar-refractivity contribution is -0.624. The molecule has 0 saturated heterocycles. The number of hydrogen-bond donors (Lipinski definition) is 1. The summed E-state index contributed by atoms with van der Waals surface area (Å²) in [4.78, 5) is 2.21. The van der Waals surface area contributed by atoms with Crippen LogP contribution >= 0.6 is 7.92 Å². The predicted molar refractivity (Wildman–Crippen MR) is 167 cm³/mol. The van der Waals surface area contributed by atoms with Gasteiger partial charge in [0.15, 0.2) is 12.4 Å². The first kappa shape index (κ1) is 34.5. The zero-order valence-electron chi connectivity index (χ0n) is 23.8. The summed E-state index contributed by atoms with van der Waals surface area (Å²) in [5.74, 6) is -6.68. The van der Waals surface area contributed by atoms with Gasteiger partial charge in [0.25, 0.3) is 11.4 Å². The highest BCUT2D eigenvalue weighted by Gasteiger charge is 2.38. The molecule has 2 aromatic heterocycles. The molecule has 13 heteroatoms. The van der Waals surface area contributed by atoms with Crippen LogP contribution in [0.3, 0.4) is 0 Å². The lowest BCUT2D eigenvalue weighted by Gasteiger charge is -2.18. The summed E-state index contributed by atoms with van der Waals surface area (Å²) in [5, 5.41) is 28.7. The summed E-state index contributed by atoms with van der Waals surface area (Å²) >= 11 is 0. The number of azide groups is 1. The Hall–Kier alpha value is -5.02. The molecule has 2 heterocycles. The van der Waals surface area contributed by atoms with Crippen LogP contribution in [0.25, 0.3) is 10.4 Å². The highest BCUT2D eigenvalue weighted by molar-refractivity contribution is 7.79. The molecule has 0 spiro atoms. The molecular formula is C32H29F4N6O2P. The number of halogens is 4. The van der Waals surface area contributed by atoms with Crippen LogP contribution in [0.15, 0.2) is 145 Å². The summed E-state index contributed by atoms with van der Waals surface area (Å²) in [6, 6.07) is 39.8. The molecule has 0 fully saturated rings. The first-order chi connectivity index (χ1) is 21.6. The van der Waals surface area contributed by atoms with E-state index >= 15 is 0 Å². The second-order valence-electron chi connectivity index (χ2n) is 9.17. The Morgan fingerprint density at radius 3 is 1.31 bits per heavy atom. The Morgan fingerprint density at radius 2 is 0.978 bits per heavy atom. The topological polar surface area (TPSA) is 129 Å². The Morgan fingerprint density at radius 1 is 0.622 bits per heavy atom. The summed E-state index contributed by atoms with van der Waals surface area (Å²) in [5.41, 5.74) is 11.3. The minimum absolute atomic E-state index is 0.0485. The van der Waals surface area contributed by atoms with Crippen molar-refractivity contribution in [2.24, 2.45) is 10.8 Å². The van der Waals surface area contributed by atoms with Gasteiger partial charge < -0.3 is 16.1 Å². The van der Waals surface area contributed by atoms with Crippen LogP contribution in [0.1, 0.15) is 11.4 Å². The number of pyridine rings is 2. The summed E-state index contributed by atoms with van der Waals surface area (Å²) < 4.78 is 52.0. The van der Waals surface area contributed by atoms with Crippen LogP contribution in [-0.2, 0) is 11.8 Å². The van der Waals surface area contributed by atoms with Gasteiger partial charge in [-0.1, -0.05) is 96.1 Å². The molecule has 8 nitrogen and oxygen atoms in total. The number of nitrogens with zero attached hydrogens (tertiary/aromatic N) is 5. The highest BCUT2D eigenvalue weighted by atomic mass is 31.1. The Labute approximate surface area is 258 Å². The molecule has 232 valence electrons. The second-order valence-corrected chi connectivity index (χ2v) is 11.4. The fraction of sp³-hybridized carbons (Fsp3) is 0.125. The molecule has 45 heavy (non-hydrogen) atoms. The van der Waals surface area contributed by atoms with E-state index < -0.39 is 44.2 Å². The lowest BCUT2D eigenvalue weighted by Crippen LogP contribution is -2.41. The average molecular weight is 637 g/mol. The van der Waals surface area contributed by atoms with Crippen LogP contribution in [0.4, 0.5) is 17.6 Å². The van der Waals surface area contributed by atoms with Gasteiger partial charge in [0.05, 0.1) is 6.54 Å². The molecule has 0 atom stereocenters. The van der Waals surface area contributed by atoms with Crippen molar-refractivity contribution in [1.29, 1.82) is 0 Å². The van der Waals surface area contributed by atoms with Crippen molar-refractivity contribution in [2.75, 3.05) is 13.1 Å². The molecule has 0 aliphatic carbocycles. The predicted octanol–water partition coefficient (Wildman–Crippen LogP) is 5.54. The largest absolute Gasteiger partial charge is 0.618 e. The number of hydrogen-bond acceptors (Lipinski definition) is 4. The number of benzene rings is 3. The van der Waals surface area contributed by atoms with E-state index in [9.17, 15) is 28.0 Å². The normalized spacial score (nSPS) is 10.9. The Balaban J connectivity index is 0.000000191. The fourth-order valence-electron chi connectivity index (χ4n) is 3.91. The van der Waals surface area contributed by atoms with E-state index in [2.05, 4.69) is 101 Å². The maximum absolute atomic E-state index is 13.1. The summed E-state index contributed by atoms with van der Waals surface area (Å²) in [7, 11) is -0.446. The van der Waals surface area contributed by atoms with Crippen LogP contribution < -0.4 is 31.1 Å². The number of rotatable bonds is 8. The third-order valence-corrected chi connectivity index (χ3v) is 8.47. The van der Waals surface area contributed by atoms with E-state index in [0.29, 0.717) is 0 Å². The van der Waals surface area contributed by atoms with E-state index in [1.807, 2.05) is 0 Å². The average Bonchev–Trinajstić information content (AvgIpc) is 3.06. The molecule has 0 aliphatic rings. The first-order valence-corrected chi connectivity index (χ1v) is 14.7. The third-order valence-electron chi connectivity index (χ3n) is 6.03. The van der Waals surface area contributed by atoms with E-state index in [4.69, 9.17) is 11.3 Å². The standard InChI is InChI=1S/C18H15P.C7H6F2N4O.C7H8F2N2O/c1-4-10-16(11-5-1)19(17-12-6-2-7-13-17)18-14-8-3-9-15-18;8-7(9,5-11-12-10)6-3-1-2-4-13(6)14;8-7(9,5-10)6-3-1-2-4-11(6)12/h1-15H;1-4H,5H2;1-4H,5,10H2. The van der Waals surface area contributed by atoms with Crippen molar-refractivity contribution in [3.8, 4) is 0 Å². The number of aromatic nitrogens is 2. The lowest BCUT2D eigenvalue weighted by atomic mass is 10.2. The van der Waals surface area contributed by atoms with E-state index in [0.717, 1.165) is 24.5 Å². The van der Waals surface area contributed by atoms with Crippen LogP contribution in [0.2, 0.25) is 0 Å². The SMILES string of the molecule is NCC(F)(F)c1cccc[n+]1[O-].[N-]=[N+]=NCC(F)(F)c1cccc[n+]1[O-].c1ccc(P(c2ccccc2)c2ccccc2)cc1. The van der Waals surface area contributed by atoms with Crippen LogP contribution in [-0.4, -0.2) is 13.1 Å². The Bertz CT molecular complexity index is 1570. The van der Waals surface area contributed by atoms with Gasteiger partial charge >= 0.3 is 11.8 Å². The van der Waals surface area contributed by atoms with Gasteiger partial charge in [-0.15, -0.1) is 0 Å². The van der Waals surface area contributed by atoms with Crippen molar-refractivity contribution in [3.05, 3.63) is 172 Å². The van der Waals surface area contributed by atoms with Crippen molar-refractivity contribution >= 4 is 23.8 Å². The quantitative estimate of drug-likeness (QED) is 0.0457. The molecular weight excluding hydrogens is 607 g/mol. The van der Waals surface area contributed by atoms with E-state index in [1.165, 1.54) is 40.2 Å². The van der Waals surface area contributed by atoms with Gasteiger partial charge in [0.1, 0.15) is 6.54 Å². The molecule has 5 rings (SSSR count). The molecule has 3 aromatic carbocycles. The van der Waals surface area contributed by atoms with Crippen molar-refractivity contribution in [1.82, 2.24) is 0 Å². The molecule has 0 amide bonds. The smallest absolute Gasteiger partial charge is 0.343 e. The zero-order valence-corrected chi connectivity index (χ0v) is 24.7. The maximum atomic E-state index is 13.1. The zero-order chi connectivity index (χ0) is 32.7. The van der Waals surface area contributed by atoms with Crippen molar-refractivity contribution < 1.29 is 27.0 Å².